The zero-order valence-corrected chi connectivity index (χ0v) is 10.0. The molecule has 1 rings (SSSR count). The number of benzene rings is 1. The molecular formula is C6H5Br2NaO4S. The Hall–Kier alpha value is 0.890. The molecule has 4 nitrogen and oxygen atoms in total. The molecule has 0 radical (unpaired) electrons. The van der Waals surface area contributed by atoms with E-state index in [1.807, 2.05) is 0 Å². The summed E-state index contributed by atoms with van der Waals surface area (Å²) in [5.41, 5.74) is 0. The van der Waals surface area contributed by atoms with E-state index in [2.05, 4.69) is 31.9 Å². The number of phenolic OH excluding ortho intramolecular Hbond substituents is 1. The molecule has 0 aliphatic heterocycles. The Bertz CT molecular complexity index is 422. The van der Waals surface area contributed by atoms with Gasteiger partial charge in [0.05, 0.1) is 13.8 Å². The molecule has 0 heterocycles. The summed E-state index contributed by atoms with van der Waals surface area (Å²) in [5, 5.41) is 9.23. The molecule has 0 aliphatic carbocycles. The molecule has 0 aliphatic rings. The van der Waals surface area contributed by atoms with Crippen LogP contribution in [0.1, 0.15) is 0 Å². The van der Waals surface area contributed by atoms with Crippen molar-refractivity contribution < 1.29 is 18.1 Å². The minimum atomic E-state index is -4.24. The van der Waals surface area contributed by atoms with Crippen LogP contribution in [0.5, 0.6) is 5.75 Å². The van der Waals surface area contributed by atoms with Crippen molar-refractivity contribution in [3.8, 4) is 5.75 Å². The van der Waals surface area contributed by atoms with Crippen molar-refractivity contribution in [1.82, 2.24) is 0 Å². The molecule has 0 saturated heterocycles. The standard InChI is InChI=1S/C6H4Br2O4S.Na.H/c7-4-1-3(13(10,11)12)2-5(8)6(4)9;;/h1-2,9H,(H,10,11,12);;. The van der Waals surface area contributed by atoms with Gasteiger partial charge in [0.1, 0.15) is 5.75 Å². The van der Waals surface area contributed by atoms with Crippen LogP contribution in [0.2, 0.25) is 0 Å². The van der Waals surface area contributed by atoms with Crippen molar-refractivity contribution in [1.29, 1.82) is 0 Å². The first kappa shape index (κ1) is 14.9. The van der Waals surface area contributed by atoms with Gasteiger partial charge < -0.3 is 5.11 Å². The van der Waals surface area contributed by atoms with E-state index < -0.39 is 10.1 Å². The summed E-state index contributed by atoms with van der Waals surface area (Å²) in [5.74, 6) is -0.118. The quantitative estimate of drug-likeness (QED) is 0.591. The first-order chi connectivity index (χ1) is 5.82. The summed E-state index contributed by atoms with van der Waals surface area (Å²) in [6.07, 6.45) is 0. The first-order valence-corrected chi connectivity index (χ1v) is 6.00. The SMILES string of the molecule is O=S(=O)(O)c1cc(Br)c(O)c(Br)c1.[NaH]. The minimum absolute atomic E-state index is 0. The number of aromatic hydroxyl groups is 1. The van der Waals surface area contributed by atoms with Crippen LogP contribution < -0.4 is 0 Å². The molecule has 0 fully saturated rings. The van der Waals surface area contributed by atoms with Crippen molar-refractivity contribution in [3.05, 3.63) is 21.1 Å². The van der Waals surface area contributed by atoms with Crippen LogP contribution in [0.4, 0.5) is 0 Å². The number of hydrogen-bond acceptors (Lipinski definition) is 3. The molecule has 14 heavy (non-hydrogen) atoms. The Morgan fingerprint density at radius 1 is 1.14 bits per heavy atom. The van der Waals surface area contributed by atoms with E-state index >= 15 is 0 Å². The molecule has 0 bridgehead atoms. The topological polar surface area (TPSA) is 74.6 Å². The maximum atomic E-state index is 10.7. The monoisotopic (exact) mass is 354 g/mol. The van der Waals surface area contributed by atoms with Gasteiger partial charge in [-0.05, 0) is 44.0 Å². The molecule has 1 aromatic carbocycles. The molecule has 74 valence electrons. The van der Waals surface area contributed by atoms with Gasteiger partial charge in [-0.25, -0.2) is 0 Å². The van der Waals surface area contributed by atoms with Crippen LogP contribution in [0.25, 0.3) is 0 Å². The third kappa shape index (κ3) is 3.48. The predicted molar refractivity (Wildman–Crippen MR) is 60.5 cm³/mol. The Balaban J connectivity index is 0.00000169. The van der Waals surface area contributed by atoms with Gasteiger partial charge in [0.25, 0.3) is 10.1 Å². The van der Waals surface area contributed by atoms with E-state index in [9.17, 15) is 13.5 Å². The van der Waals surface area contributed by atoms with Gasteiger partial charge in [-0.3, -0.25) is 4.55 Å². The van der Waals surface area contributed by atoms with E-state index in [-0.39, 0.29) is 49.1 Å². The second-order valence-electron chi connectivity index (χ2n) is 2.21. The van der Waals surface area contributed by atoms with Crippen molar-refractivity contribution in [2.24, 2.45) is 0 Å². The number of hydrogen-bond donors (Lipinski definition) is 2. The molecular weight excluding hydrogens is 351 g/mol. The van der Waals surface area contributed by atoms with Crippen LogP contribution in [0, 0.1) is 0 Å². The van der Waals surface area contributed by atoms with Gasteiger partial charge in [0, 0.05) is 0 Å². The fraction of sp³-hybridized carbons (Fsp3) is 0. The van der Waals surface area contributed by atoms with Crippen molar-refractivity contribution in [3.63, 3.8) is 0 Å². The molecule has 0 amide bonds. The first-order valence-electron chi connectivity index (χ1n) is 2.98. The Morgan fingerprint density at radius 3 is 1.79 bits per heavy atom. The van der Waals surface area contributed by atoms with Crippen molar-refractivity contribution in [2.75, 3.05) is 0 Å². The summed E-state index contributed by atoms with van der Waals surface area (Å²) >= 11 is 5.87. The Labute approximate surface area is 120 Å². The molecule has 0 unspecified atom stereocenters. The van der Waals surface area contributed by atoms with Crippen LogP contribution in [0.3, 0.4) is 0 Å². The molecule has 0 aromatic heterocycles. The van der Waals surface area contributed by atoms with Crippen LogP contribution in [-0.4, -0.2) is 47.6 Å². The van der Waals surface area contributed by atoms with Gasteiger partial charge in [0.15, 0.2) is 0 Å². The van der Waals surface area contributed by atoms with Gasteiger partial charge in [0.2, 0.25) is 0 Å². The van der Waals surface area contributed by atoms with Crippen LogP contribution in [0.15, 0.2) is 26.0 Å². The molecule has 8 heteroatoms. The van der Waals surface area contributed by atoms with Gasteiger partial charge >= 0.3 is 29.6 Å². The van der Waals surface area contributed by atoms with Crippen LogP contribution >= 0.6 is 31.9 Å². The van der Waals surface area contributed by atoms with E-state index in [1.165, 1.54) is 0 Å². The predicted octanol–water partition coefficient (Wildman–Crippen LogP) is 1.52. The number of rotatable bonds is 1. The van der Waals surface area contributed by atoms with Gasteiger partial charge in [-0.15, -0.1) is 0 Å². The summed E-state index contributed by atoms with van der Waals surface area (Å²) in [6.45, 7) is 0. The van der Waals surface area contributed by atoms with E-state index in [0.717, 1.165) is 12.1 Å². The molecule has 1 aromatic rings. The Kier molecular flexibility index (Phi) is 5.62. The van der Waals surface area contributed by atoms with Crippen molar-refractivity contribution in [2.45, 2.75) is 4.90 Å². The summed E-state index contributed by atoms with van der Waals surface area (Å²) < 4.78 is 30.4. The number of phenols is 1. The summed E-state index contributed by atoms with van der Waals surface area (Å²) in [4.78, 5) is -0.288. The average molecular weight is 356 g/mol. The Morgan fingerprint density at radius 2 is 1.50 bits per heavy atom. The molecule has 0 spiro atoms. The fourth-order valence-electron chi connectivity index (χ4n) is 0.691. The fourth-order valence-corrected chi connectivity index (χ4v) is 2.71. The molecule has 0 atom stereocenters. The third-order valence-electron chi connectivity index (χ3n) is 1.29. The van der Waals surface area contributed by atoms with E-state index in [1.54, 1.807) is 0 Å². The second kappa shape index (κ2) is 5.29. The zero-order valence-electron chi connectivity index (χ0n) is 6.03. The number of halogens is 2. The molecule has 2 N–H and O–H groups in total. The zero-order chi connectivity index (χ0) is 10.2. The van der Waals surface area contributed by atoms with E-state index in [4.69, 9.17) is 4.55 Å². The van der Waals surface area contributed by atoms with E-state index in [0.29, 0.717) is 0 Å². The normalized spacial score (nSPS) is 10.8. The van der Waals surface area contributed by atoms with Gasteiger partial charge in [-0.2, -0.15) is 8.42 Å². The maximum absolute atomic E-state index is 10.7. The molecule has 0 saturated carbocycles. The second-order valence-corrected chi connectivity index (χ2v) is 5.34. The van der Waals surface area contributed by atoms with Crippen molar-refractivity contribution >= 4 is 71.5 Å². The summed E-state index contributed by atoms with van der Waals surface area (Å²) in [6, 6.07) is 2.21. The van der Waals surface area contributed by atoms with Crippen LogP contribution in [-0.2, 0) is 10.1 Å². The summed E-state index contributed by atoms with van der Waals surface area (Å²) in [7, 11) is -4.24. The third-order valence-corrected chi connectivity index (χ3v) is 3.33. The average Bonchev–Trinajstić information content (AvgIpc) is 1.97. The van der Waals surface area contributed by atoms with Gasteiger partial charge in [-0.1, -0.05) is 0 Å².